The van der Waals surface area contributed by atoms with Crippen LogP contribution in [-0.2, 0) is 21.9 Å². The Balaban J connectivity index is 1.62. The van der Waals surface area contributed by atoms with Crippen LogP contribution in [0, 0.1) is 11.8 Å². The molecule has 12 heteroatoms. The largest absolute Gasteiger partial charge is 0.488 e. The number of ether oxygens (including phenoxy) is 1. The predicted octanol–water partition coefficient (Wildman–Crippen LogP) is 2.48. The number of carbonyl (C=O) groups is 2. The molecule has 1 fully saturated rings. The molecule has 1 aliphatic heterocycles. The lowest BCUT2D eigenvalue weighted by Gasteiger charge is -2.38. The number of aliphatic hydroxyl groups excluding tert-OH is 1. The third-order valence-corrected chi connectivity index (χ3v) is 9.41. The van der Waals surface area contributed by atoms with Crippen molar-refractivity contribution in [1.82, 2.24) is 18.8 Å². The van der Waals surface area contributed by atoms with E-state index in [4.69, 9.17) is 4.74 Å². The highest BCUT2D eigenvalue weighted by Gasteiger charge is 2.36. The average Bonchev–Trinajstić information content (AvgIpc) is 3.38. The smallest absolute Gasteiger partial charge is 0.261 e. The van der Waals surface area contributed by atoms with Gasteiger partial charge in [-0.25, -0.2) is 13.4 Å². The molecule has 1 aromatic carbocycles. The number of rotatable bonds is 8. The highest BCUT2D eigenvalue weighted by Crippen LogP contribution is 2.32. The Morgan fingerprint density at radius 3 is 2.64 bits per heavy atom. The highest BCUT2D eigenvalue weighted by molar-refractivity contribution is 7.89. The molecule has 4 rings (SSSR count). The Morgan fingerprint density at radius 1 is 1.28 bits per heavy atom. The van der Waals surface area contributed by atoms with E-state index in [-0.39, 0.29) is 53.9 Å². The van der Waals surface area contributed by atoms with E-state index in [1.165, 1.54) is 23.9 Å². The summed E-state index contributed by atoms with van der Waals surface area (Å²) in [5.41, 5.74) is 0.752. The number of aryl methyl sites for hydroxylation is 1. The van der Waals surface area contributed by atoms with Gasteiger partial charge in [0.05, 0.1) is 31.1 Å². The van der Waals surface area contributed by atoms with Crippen molar-refractivity contribution < 1.29 is 27.9 Å². The molecule has 39 heavy (non-hydrogen) atoms. The van der Waals surface area contributed by atoms with Crippen LogP contribution in [-0.4, -0.2) is 83.0 Å². The minimum atomic E-state index is -3.86. The van der Waals surface area contributed by atoms with E-state index in [9.17, 15) is 23.1 Å². The quantitative estimate of drug-likeness (QED) is 0.506. The van der Waals surface area contributed by atoms with Gasteiger partial charge in [0.1, 0.15) is 11.9 Å². The molecule has 1 aliphatic carbocycles. The Kier molecular flexibility index (Phi) is 8.97. The van der Waals surface area contributed by atoms with Crippen molar-refractivity contribution in [3.63, 3.8) is 0 Å². The number of carbonyl (C=O) groups excluding carboxylic acids is 2. The van der Waals surface area contributed by atoms with Crippen molar-refractivity contribution in [2.45, 2.75) is 63.1 Å². The van der Waals surface area contributed by atoms with E-state index < -0.39 is 22.2 Å². The minimum Gasteiger partial charge on any atom is -0.488 e. The number of amides is 2. The molecule has 1 saturated carbocycles. The van der Waals surface area contributed by atoms with Crippen LogP contribution >= 0.6 is 0 Å². The lowest BCUT2D eigenvalue weighted by molar-refractivity contribution is -0.120. The van der Waals surface area contributed by atoms with E-state index in [2.05, 4.69) is 10.3 Å². The summed E-state index contributed by atoms with van der Waals surface area (Å²) in [6.07, 6.45) is 7.19. The summed E-state index contributed by atoms with van der Waals surface area (Å²) in [7, 11) is -0.690. The number of aliphatic hydroxyl groups is 1. The summed E-state index contributed by atoms with van der Waals surface area (Å²) in [5.74, 6) is -0.378. The molecule has 0 unspecified atom stereocenters. The van der Waals surface area contributed by atoms with Gasteiger partial charge < -0.3 is 24.6 Å². The minimum absolute atomic E-state index is 0.0230. The number of hydrogen-bond acceptors (Lipinski definition) is 7. The van der Waals surface area contributed by atoms with Crippen molar-refractivity contribution in [3.8, 4) is 5.75 Å². The molecular formula is C27H39N5O6S. The Labute approximate surface area is 230 Å². The van der Waals surface area contributed by atoms with E-state index in [0.717, 1.165) is 32.1 Å². The third kappa shape index (κ3) is 6.44. The van der Waals surface area contributed by atoms with E-state index >= 15 is 0 Å². The number of nitrogens with one attached hydrogen (secondary N) is 1. The molecule has 2 aromatic rings. The van der Waals surface area contributed by atoms with E-state index in [0.29, 0.717) is 11.4 Å². The molecule has 0 saturated heterocycles. The van der Waals surface area contributed by atoms with Gasteiger partial charge in [0.15, 0.2) is 5.03 Å². The highest BCUT2D eigenvalue weighted by atomic mass is 32.2. The van der Waals surface area contributed by atoms with Gasteiger partial charge in [-0.05, 0) is 38.0 Å². The Bertz CT molecular complexity index is 1290. The number of nitrogens with zero attached hydrogens (tertiary/aromatic N) is 4. The number of benzene rings is 1. The second-order valence-corrected chi connectivity index (χ2v) is 12.8. The molecule has 11 nitrogen and oxygen atoms in total. The molecule has 2 heterocycles. The summed E-state index contributed by atoms with van der Waals surface area (Å²) in [5, 5.41) is 12.8. The average molecular weight is 562 g/mol. The maximum atomic E-state index is 13.7. The molecule has 3 atom stereocenters. The first-order chi connectivity index (χ1) is 18.5. The van der Waals surface area contributed by atoms with Gasteiger partial charge >= 0.3 is 0 Å². The van der Waals surface area contributed by atoms with Gasteiger partial charge in [-0.2, -0.15) is 4.31 Å². The van der Waals surface area contributed by atoms with E-state index in [1.54, 1.807) is 41.6 Å². The zero-order valence-corrected chi connectivity index (χ0v) is 23.9. The number of imidazole rings is 1. The number of fused-ring (bicyclic) bond motifs is 1. The van der Waals surface area contributed by atoms with Crippen LogP contribution in [0.15, 0.2) is 35.7 Å². The summed E-state index contributed by atoms with van der Waals surface area (Å²) in [6, 6.07) is 4.48. The number of hydrogen-bond donors (Lipinski definition) is 2. The van der Waals surface area contributed by atoms with Crippen LogP contribution in [0.2, 0.25) is 0 Å². The fourth-order valence-electron chi connectivity index (χ4n) is 5.16. The van der Waals surface area contributed by atoms with Crippen molar-refractivity contribution >= 4 is 27.5 Å². The van der Waals surface area contributed by atoms with Crippen molar-refractivity contribution in [2.75, 3.05) is 32.1 Å². The van der Waals surface area contributed by atoms with Crippen LogP contribution in [0.4, 0.5) is 5.69 Å². The topological polar surface area (TPSA) is 134 Å². The molecule has 2 amide bonds. The fourth-order valence-corrected chi connectivity index (χ4v) is 6.30. The number of sulfonamides is 1. The third-order valence-electron chi connectivity index (χ3n) is 7.70. The van der Waals surface area contributed by atoms with Gasteiger partial charge in [-0.1, -0.05) is 26.2 Å². The second-order valence-electron chi connectivity index (χ2n) is 10.8. The summed E-state index contributed by atoms with van der Waals surface area (Å²) in [6.45, 7) is 3.69. The lowest BCUT2D eigenvalue weighted by Crippen LogP contribution is -2.50. The van der Waals surface area contributed by atoms with Crippen LogP contribution in [0.5, 0.6) is 5.75 Å². The van der Waals surface area contributed by atoms with Crippen molar-refractivity contribution in [3.05, 3.63) is 36.3 Å². The van der Waals surface area contributed by atoms with Crippen molar-refractivity contribution in [2.24, 2.45) is 18.9 Å². The molecule has 214 valence electrons. The van der Waals surface area contributed by atoms with Crippen molar-refractivity contribution in [1.29, 1.82) is 0 Å². The predicted molar refractivity (Wildman–Crippen MR) is 146 cm³/mol. The summed E-state index contributed by atoms with van der Waals surface area (Å²) < 4.78 is 35.3. The summed E-state index contributed by atoms with van der Waals surface area (Å²) >= 11 is 0. The second kappa shape index (κ2) is 12.1. The standard InChI is InChI=1S/C27H39N5O6S/c1-18-13-32(19(2)16-33)27(35)22-12-21(29-26(34)20-8-6-5-7-9-20)10-11-23(22)38-24(18)14-31(4)39(36,37)25-15-30(3)17-28-25/h10-12,15,17-20,24,33H,5-9,13-14,16H2,1-4H3,(H,29,34)/t18-,19+,24-/m1/s1. The number of likely N-dealkylation sites (N-methyl/N-ethyl adjacent to an activating group) is 1. The van der Waals surface area contributed by atoms with Crippen LogP contribution in [0.3, 0.4) is 0 Å². The Morgan fingerprint density at radius 2 is 2.00 bits per heavy atom. The molecule has 0 radical (unpaired) electrons. The number of aromatic nitrogens is 2. The van der Waals surface area contributed by atoms with Gasteiger partial charge in [0.25, 0.3) is 15.9 Å². The van der Waals surface area contributed by atoms with Gasteiger partial charge in [-0.15, -0.1) is 0 Å². The molecular weight excluding hydrogens is 522 g/mol. The zero-order valence-electron chi connectivity index (χ0n) is 23.0. The van der Waals surface area contributed by atoms with E-state index in [1.807, 2.05) is 6.92 Å². The molecule has 2 N–H and O–H groups in total. The normalized spacial score (nSPS) is 21.6. The van der Waals surface area contributed by atoms with Crippen LogP contribution in [0.1, 0.15) is 56.3 Å². The van der Waals surface area contributed by atoms with Gasteiger partial charge in [0.2, 0.25) is 5.91 Å². The lowest BCUT2D eigenvalue weighted by atomic mass is 9.88. The molecule has 2 aliphatic rings. The molecule has 0 spiro atoms. The summed E-state index contributed by atoms with van der Waals surface area (Å²) in [4.78, 5) is 32.1. The first-order valence-electron chi connectivity index (χ1n) is 13.5. The Hall–Kier alpha value is -2.96. The van der Waals surface area contributed by atoms with Gasteiger partial charge in [0, 0.05) is 44.4 Å². The monoisotopic (exact) mass is 561 g/mol. The maximum Gasteiger partial charge on any atom is 0.261 e. The first kappa shape index (κ1) is 29.0. The van der Waals surface area contributed by atoms with Crippen LogP contribution < -0.4 is 10.1 Å². The molecule has 0 bridgehead atoms. The SMILES string of the molecule is C[C@@H]1CN([C@@H](C)CO)C(=O)c2cc(NC(=O)C3CCCCC3)ccc2O[C@@H]1CN(C)S(=O)(=O)c1cn(C)cn1. The fraction of sp³-hybridized carbons (Fsp3) is 0.593. The maximum absolute atomic E-state index is 13.7. The van der Waals surface area contributed by atoms with Gasteiger partial charge in [-0.3, -0.25) is 9.59 Å². The molecule has 1 aromatic heterocycles. The zero-order chi connectivity index (χ0) is 28.3. The first-order valence-corrected chi connectivity index (χ1v) is 14.9. The van der Waals surface area contributed by atoms with Crippen LogP contribution in [0.25, 0.3) is 0 Å². The number of anilines is 1.